The SMILES string of the molecule is CC(C)CCC(C)(O)CNC(=O)NCc1nncn1-c1ccccc1. The van der Waals surface area contributed by atoms with Crippen molar-refractivity contribution in [2.75, 3.05) is 6.54 Å². The Balaban J connectivity index is 1.82. The highest BCUT2D eigenvalue weighted by Gasteiger charge is 2.21. The van der Waals surface area contributed by atoms with E-state index in [0.29, 0.717) is 18.2 Å². The van der Waals surface area contributed by atoms with Crippen LogP contribution in [0.25, 0.3) is 5.69 Å². The van der Waals surface area contributed by atoms with E-state index in [4.69, 9.17) is 0 Å². The van der Waals surface area contributed by atoms with Gasteiger partial charge in [0.25, 0.3) is 0 Å². The maximum atomic E-state index is 12.0. The number of carbonyl (C=O) groups is 1. The van der Waals surface area contributed by atoms with Gasteiger partial charge in [-0.25, -0.2) is 4.79 Å². The third-order valence-electron chi connectivity index (χ3n) is 3.95. The number of aromatic nitrogens is 3. The molecule has 1 aromatic carbocycles. The van der Waals surface area contributed by atoms with Crippen LogP contribution in [0.4, 0.5) is 4.79 Å². The van der Waals surface area contributed by atoms with Gasteiger partial charge >= 0.3 is 6.03 Å². The van der Waals surface area contributed by atoms with Crippen LogP contribution < -0.4 is 10.6 Å². The summed E-state index contributed by atoms with van der Waals surface area (Å²) in [4.78, 5) is 12.0. The molecule has 0 saturated heterocycles. The molecule has 136 valence electrons. The molecule has 1 aromatic heterocycles. The molecule has 25 heavy (non-hydrogen) atoms. The largest absolute Gasteiger partial charge is 0.388 e. The second kappa shape index (κ2) is 8.62. The molecule has 0 spiro atoms. The fourth-order valence-corrected chi connectivity index (χ4v) is 2.36. The minimum absolute atomic E-state index is 0.205. The first-order valence-electron chi connectivity index (χ1n) is 8.56. The topological polar surface area (TPSA) is 92.1 Å². The Morgan fingerprint density at radius 2 is 2.00 bits per heavy atom. The molecule has 1 unspecified atom stereocenters. The maximum Gasteiger partial charge on any atom is 0.315 e. The number of hydrogen-bond acceptors (Lipinski definition) is 4. The molecule has 7 heteroatoms. The van der Waals surface area contributed by atoms with Gasteiger partial charge in [-0.2, -0.15) is 0 Å². The zero-order valence-corrected chi connectivity index (χ0v) is 15.1. The lowest BCUT2D eigenvalue weighted by Gasteiger charge is -2.24. The summed E-state index contributed by atoms with van der Waals surface area (Å²) in [5, 5.41) is 23.7. The van der Waals surface area contributed by atoms with E-state index < -0.39 is 5.60 Å². The highest BCUT2D eigenvalue weighted by atomic mass is 16.3. The number of aliphatic hydroxyl groups is 1. The van der Waals surface area contributed by atoms with Crippen molar-refractivity contribution in [2.24, 2.45) is 5.92 Å². The first kappa shape index (κ1) is 18.9. The molecular formula is C18H27N5O2. The summed E-state index contributed by atoms with van der Waals surface area (Å²) in [7, 11) is 0. The second-order valence-electron chi connectivity index (χ2n) is 6.92. The van der Waals surface area contributed by atoms with Crippen LogP contribution in [0.1, 0.15) is 39.4 Å². The lowest BCUT2D eigenvalue weighted by atomic mass is 9.95. The summed E-state index contributed by atoms with van der Waals surface area (Å²) < 4.78 is 1.82. The van der Waals surface area contributed by atoms with E-state index in [-0.39, 0.29) is 19.1 Å². The van der Waals surface area contributed by atoms with Crippen LogP contribution in [0.2, 0.25) is 0 Å². The predicted octanol–water partition coefficient (Wildman–Crippen LogP) is 2.25. The Labute approximate surface area is 148 Å². The predicted molar refractivity (Wildman–Crippen MR) is 96.3 cm³/mol. The molecule has 7 nitrogen and oxygen atoms in total. The molecule has 3 N–H and O–H groups in total. The molecule has 0 aliphatic rings. The van der Waals surface area contributed by atoms with E-state index >= 15 is 0 Å². The molecule has 0 aliphatic carbocycles. The van der Waals surface area contributed by atoms with Gasteiger partial charge in [0.05, 0.1) is 12.1 Å². The van der Waals surface area contributed by atoms with Crippen LogP contribution in [0.5, 0.6) is 0 Å². The zero-order valence-electron chi connectivity index (χ0n) is 15.1. The molecule has 2 aromatic rings. The molecule has 1 atom stereocenters. The summed E-state index contributed by atoms with van der Waals surface area (Å²) in [5.41, 5.74) is 0.0207. The molecular weight excluding hydrogens is 318 g/mol. The molecule has 2 amide bonds. The van der Waals surface area contributed by atoms with Crippen LogP contribution in [-0.2, 0) is 6.54 Å². The third-order valence-corrected chi connectivity index (χ3v) is 3.95. The number of urea groups is 1. The van der Waals surface area contributed by atoms with Gasteiger partial charge in [-0.3, -0.25) is 4.57 Å². The average Bonchev–Trinajstić information content (AvgIpc) is 3.06. The van der Waals surface area contributed by atoms with Crippen molar-refractivity contribution in [2.45, 2.75) is 45.8 Å². The van der Waals surface area contributed by atoms with Crippen molar-refractivity contribution < 1.29 is 9.90 Å². The van der Waals surface area contributed by atoms with Crippen molar-refractivity contribution in [3.05, 3.63) is 42.5 Å². The van der Waals surface area contributed by atoms with Gasteiger partial charge in [0.15, 0.2) is 5.82 Å². The normalized spacial score (nSPS) is 13.5. The van der Waals surface area contributed by atoms with Gasteiger partial charge in [0, 0.05) is 12.2 Å². The van der Waals surface area contributed by atoms with Crippen LogP contribution in [0, 0.1) is 5.92 Å². The molecule has 0 saturated carbocycles. The van der Waals surface area contributed by atoms with Crippen LogP contribution >= 0.6 is 0 Å². The Morgan fingerprint density at radius 3 is 2.68 bits per heavy atom. The van der Waals surface area contributed by atoms with Crippen molar-refractivity contribution in [1.29, 1.82) is 0 Å². The van der Waals surface area contributed by atoms with Gasteiger partial charge in [0.1, 0.15) is 6.33 Å². The number of nitrogens with one attached hydrogen (secondary N) is 2. The molecule has 0 radical (unpaired) electrons. The fraction of sp³-hybridized carbons (Fsp3) is 0.500. The lowest BCUT2D eigenvalue weighted by Crippen LogP contribution is -2.44. The van der Waals surface area contributed by atoms with Gasteiger partial charge in [-0.1, -0.05) is 32.0 Å². The smallest absolute Gasteiger partial charge is 0.315 e. The van der Waals surface area contributed by atoms with E-state index in [2.05, 4.69) is 34.7 Å². The Bertz CT molecular complexity index is 667. The number of nitrogens with zero attached hydrogens (tertiary/aromatic N) is 3. The van der Waals surface area contributed by atoms with E-state index in [0.717, 1.165) is 12.1 Å². The maximum absolute atomic E-state index is 12.0. The highest BCUT2D eigenvalue weighted by Crippen LogP contribution is 2.15. The van der Waals surface area contributed by atoms with E-state index in [1.165, 1.54) is 0 Å². The molecule has 2 rings (SSSR count). The van der Waals surface area contributed by atoms with Gasteiger partial charge in [0.2, 0.25) is 0 Å². The Hall–Kier alpha value is -2.41. The van der Waals surface area contributed by atoms with Crippen LogP contribution in [0.3, 0.4) is 0 Å². The Morgan fingerprint density at radius 1 is 1.28 bits per heavy atom. The number of amides is 2. The average molecular weight is 345 g/mol. The van der Waals surface area contributed by atoms with Crippen LogP contribution in [0.15, 0.2) is 36.7 Å². The first-order valence-corrected chi connectivity index (χ1v) is 8.56. The summed E-state index contributed by atoms with van der Waals surface area (Å²) >= 11 is 0. The second-order valence-corrected chi connectivity index (χ2v) is 6.92. The number of benzene rings is 1. The van der Waals surface area contributed by atoms with Crippen LogP contribution in [-0.4, -0.2) is 38.0 Å². The number of rotatable bonds is 8. The monoisotopic (exact) mass is 345 g/mol. The van der Waals surface area contributed by atoms with E-state index in [1.54, 1.807) is 13.3 Å². The van der Waals surface area contributed by atoms with Gasteiger partial charge in [-0.05, 0) is 37.8 Å². The minimum atomic E-state index is -0.911. The molecule has 0 fully saturated rings. The van der Waals surface area contributed by atoms with E-state index in [1.807, 2.05) is 34.9 Å². The van der Waals surface area contributed by atoms with Crippen molar-refractivity contribution in [3.63, 3.8) is 0 Å². The summed E-state index contributed by atoms with van der Waals surface area (Å²) in [5.74, 6) is 1.15. The molecule has 0 bridgehead atoms. The van der Waals surface area contributed by atoms with Gasteiger partial charge in [-0.15, -0.1) is 10.2 Å². The van der Waals surface area contributed by atoms with E-state index in [9.17, 15) is 9.90 Å². The quantitative estimate of drug-likeness (QED) is 0.684. The summed E-state index contributed by atoms with van der Waals surface area (Å²) in [6, 6.07) is 9.34. The number of para-hydroxylation sites is 1. The van der Waals surface area contributed by atoms with Crippen molar-refractivity contribution >= 4 is 6.03 Å². The first-order chi connectivity index (χ1) is 11.9. The van der Waals surface area contributed by atoms with Gasteiger partial charge < -0.3 is 15.7 Å². The zero-order chi connectivity index (χ0) is 18.3. The third kappa shape index (κ3) is 6.19. The fourth-order valence-electron chi connectivity index (χ4n) is 2.36. The lowest BCUT2D eigenvalue weighted by molar-refractivity contribution is 0.0476. The highest BCUT2D eigenvalue weighted by molar-refractivity contribution is 5.73. The minimum Gasteiger partial charge on any atom is -0.388 e. The Kier molecular flexibility index (Phi) is 6.52. The molecule has 1 heterocycles. The van der Waals surface area contributed by atoms with Crippen molar-refractivity contribution in [1.82, 2.24) is 25.4 Å². The van der Waals surface area contributed by atoms with Crippen molar-refractivity contribution in [3.8, 4) is 5.69 Å². The standard InChI is InChI=1S/C18H27N5O2/c1-14(2)9-10-18(3,25)12-20-17(24)19-11-16-22-21-13-23(16)15-7-5-4-6-8-15/h4-8,13-14,25H,9-12H2,1-3H3,(H2,19,20,24). The summed E-state index contributed by atoms with van der Waals surface area (Å²) in [6.07, 6.45) is 3.17. The summed E-state index contributed by atoms with van der Waals surface area (Å²) in [6.45, 7) is 6.41. The molecule has 0 aliphatic heterocycles. The number of hydrogen-bond donors (Lipinski definition) is 3. The number of carbonyl (C=O) groups excluding carboxylic acids is 1.